The van der Waals surface area contributed by atoms with Gasteiger partial charge in [0.15, 0.2) is 5.96 Å². The fourth-order valence-electron chi connectivity index (χ4n) is 2.96. The second-order valence-corrected chi connectivity index (χ2v) is 9.08. The average molecular weight is 413 g/mol. The number of carbonyl (C=O) groups is 1. The molecule has 0 aliphatic rings. The number of guanidine groups is 1. The minimum Gasteiger partial charge on any atom is -0.356 e. The number of hydrogen-bond acceptors (Lipinski definition) is 2. The Hall–Kier alpha value is -2.89. The smallest absolute Gasteiger partial charge is 0.251 e. The SMILES string of the molecule is CN=C(NCc1cccc(C(=O)NC(C)(C)C)c1)NCC(C)(C)c1cccc(F)c1. The van der Waals surface area contributed by atoms with Crippen LogP contribution in [0.5, 0.6) is 0 Å². The molecule has 0 saturated heterocycles. The van der Waals surface area contributed by atoms with Crippen molar-refractivity contribution in [2.75, 3.05) is 13.6 Å². The molecule has 6 heteroatoms. The lowest BCUT2D eigenvalue weighted by Gasteiger charge is -2.27. The number of nitrogens with zero attached hydrogens (tertiary/aromatic N) is 1. The van der Waals surface area contributed by atoms with E-state index in [1.807, 2.05) is 45.0 Å². The van der Waals surface area contributed by atoms with E-state index in [-0.39, 0.29) is 22.7 Å². The molecule has 30 heavy (non-hydrogen) atoms. The third-order valence-corrected chi connectivity index (χ3v) is 4.67. The molecule has 5 nitrogen and oxygen atoms in total. The summed E-state index contributed by atoms with van der Waals surface area (Å²) in [6, 6.07) is 14.2. The maximum absolute atomic E-state index is 13.6. The molecule has 0 unspecified atom stereocenters. The van der Waals surface area contributed by atoms with Crippen molar-refractivity contribution < 1.29 is 9.18 Å². The number of aliphatic imine (C=N–C) groups is 1. The summed E-state index contributed by atoms with van der Waals surface area (Å²) in [5, 5.41) is 9.55. The molecule has 0 heterocycles. The van der Waals surface area contributed by atoms with E-state index in [4.69, 9.17) is 0 Å². The van der Waals surface area contributed by atoms with Gasteiger partial charge >= 0.3 is 0 Å². The fraction of sp³-hybridized carbons (Fsp3) is 0.417. The highest BCUT2D eigenvalue weighted by molar-refractivity contribution is 5.94. The highest BCUT2D eigenvalue weighted by atomic mass is 19.1. The third-order valence-electron chi connectivity index (χ3n) is 4.67. The highest BCUT2D eigenvalue weighted by Gasteiger charge is 2.21. The van der Waals surface area contributed by atoms with Crippen LogP contribution in [0.15, 0.2) is 53.5 Å². The Bertz CT molecular complexity index is 900. The molecule has 0 aliphatic carbocycles. The lowest BCUT2D eigenvalue weighted by Crippen LogP contribution is -2.43. The predicted molar refractivity (Wildman–Crippen MR) is 121 cm³/mol. The first-order valence-electron chi connectivity index (χ1n) is 10.1. The molecule has 0 bridgehead atoms. The van der Waals surface area contributed by atoms with E-state index in [1.165, 1.54) is 6.07 Å². The van der Waals surface area contributed by atoms with E-state index in [9.17, 15) is 9.18 Å². The molecule has 1 amide bonds. The molecular weight excluding hydrogens is 379 g/mol. The molecule has 0 fully saturated rings. The van der Waals surface area contributed by atoms with Crippen LogP contribution in [0, 0.1) is 5.82 Å². The van der Waals surface area contributed by atoms with Gasteiger partial charge in [-0.3, -0.25) is 9.79 Å². The van der Waals surface area contributed by atoms with Gasteiger partial charge in [-0.25, -0.2) is 4.39 Å². The van der Waals surface area contributed by atoms with Crippen LogP contribution in [0.3, 0.4) is 0 Å². The number of carbonyl (C=O) groups excluding carboxylic acids is 1. The average Bonchev–Trinajstić information content (AvgIpc) is 2.67. The van der Waals surface area contributed by atoms with Crippen LogP contribution in [0.25, 0.3) is 0 Å². The highest BCUT2D eigenvalue weighted by Crippen LogP contribution is 2.22. The van der Waals surface area contributed by atoms with Crippen molar-refractivity contribution in [2.45, 2.75) is 52.1 Å². The molecule has 0 aliphatic heterocycles. The topological polar surface area (TPSA) is 65.5 Å². The van der Waals surface area contributed by atoms with E-state index < -0.39 is 0 Å². The van der Waals surface area contributed by atoms with Gasteiger partial charge in [-0.1, -0.05) is 38.1 Å². The van der Waals surface area contributed by atoms with Crippen LogP contribution in [0.2, 0.25) is 0 Å². The van der Waals surface area contributed by atoms with Gasteiger partial charge in [0.25, 0.3) is 5.91 Å². The number of hydrogen-bond donors (Lipinski definition) is 3. The van der Waals surface area contributed by atoms with Gasteiger partial charge in [0.05, 0.1) is 0 Å². The molecule has 2 aromatic rings. The Morgan fingerprint density at radius 1 is 1.00 bits per heavy atom. The van der Waals surface area contributed by atoms with Gasteiger partial charge < -0.3 is 16.0 Å². The van der Waals surface area contributed by atoms with Crippen molar-refractivity contribution in [1.82, 2.24) is 16.0 Å². The van der Waals surface area contributed by atoms with Crippen molar-refractivity contribution in [3.8, 4) is 0 Å². The van der Waals surface area contributed by atoms with Crippen molar-refractivity contribution in [3.63, 3.8) is 0 Å². The van der Waals surface area contributed by atoms with E-state index in [1.54, 1.807) is 25.2 Å². The summed E-state index contributed by atoms with van der Waals surface area (Å²) in [7, 11) is 1.71. The van der Waals surface area contributed by atoms with E-state index >= 15 is 0 Å². The molecule has 0 spiro atoms. The van der Waals surface area contributed by atoms with Gasteiger partial charge in [0.1, 0.15) is 5.82 Å². The largest absolute Gasteiger partial charge is 0.356 e. The first kappa shape index (κ1) is 23.4. The normalized spacial score (nSPS) is 12.4. The van der Waals surface area contributed by atoms with Gasteiger partial charge in [0.2, 0.25) is 0 Å². The number of amides is 1. The maximum Gasteiger partial charge on any atom is 0.251 e. The van der Waals surface area contributed by atoms with Crippen LogP contribution >= 0.6 is 0 Å². The fourth-order valence-corrected chi connectivity index (χ4v) is 2.96. The Balaban J connectivity index is 1.96. The second-order valence-electron chi connectivity index (χ2n) is 9.08. The molecule has 2 rings (SSSR count). The number of nitrogens with one attached hydrogen (secondary N) is 3. The lowest BCUT2D eigenvalue weighted by atomic mass is 9.84. The predicted octanol–water partition coefficient (Wildman–Crippen LogP) is 4.00. The molecular formula is C24H33FN4O. The van der Waals surface area contributed by atoms with Gasteiger partial charge in [-0.15, -0.1) is 0 Å². The van der Waals surface area contributed by atoms with Gasteiger partial charge in [0, 0.05) is 36.7 Å². The van der Waals surface area contributed by atoms with E-state index in [0.29, 0.717) is 24.6 Å². The van der Waals surface area contributed by atoms with Crippen LogP contribution in [-0.2, 0) is 12.0 Å². The van der Waals surface area contributed by atoms with E-state index in [2.05, 4.69) is 34.8 Å². The monoisotopic (exact) mass is 412 g/mol. The molecule has 3 N–H and O–H groups in total. The lowest BCUT2D eigenvalue weighted by molar-refractivity contribution is 0.0919. The van der Waals surface area contributed by atoms with Crippen molar-refractivity contribution in [1.29, 1.82) is 0 Å². The summed E-state index contributed by atoms with van der Waals surface area (Å²) in [5.41, 5.74) is 1.96. The second kappa shape index (κ2) is 9.74. The summed E-state index contributed by atoms with van der Waals surface area (Å²) in [6.07, 6.45) is 0. The third kappa shape index (κ3) is 7.17. The first-order valence-corrected chi connectivity index (χ1v) is 10.1. The van der Waals surface area contributed by atoms with Crippen LogP contribution in [0.4, 0.5) is 4.39 Å². The minimum atomic E-state index is -0.286. The van der Waals surface area contributed by atoms with Crippen molar-refractivity contribution >= 4 is 11.9 Å². The summed E-state index contributed by atoms with van der Waals surface area (Å²) in [5.74, 6) is 0.311. The summed E-state index contributed by atoms with van der Waals surface area (Å²) < 4.78 is 13.6. The Morgan fingerprint density at radius 2 is 1.70 bits per heavy atom. The molecule has 0 aromatic heterocycles. The Kier molecular flexibility index (Phi) is 7.59. The van der Waals surface area contributed by atoms with E-state index in [0.717, 1.165) is 11.1 Å². The van der Waals surface area contributed by atoms with Gasteiger partial charge in [-0.05, 0) is 56.2 Å². The van der Waals surface area contributed by atoms with Crippen LogP contribution in [-0.4, -0.2) is 31.0 Å². The van der Waals surface area contributed by atoms with Crippen molar-refractivity contribution in [2.24, 2.45) is 4.99 Å². The van der Waals surface area contributed by atoms with Crippen LogP contribution in [0.1, 0.15) is 56.1 Å². The number of benzene rings is 2. The Morgan fingerprint density at radius 3 is 2.33 bits per heavy atom. The van der Waals surface area contributed by atoms with Gasteiger partial charge in [-0.2, -0.15) is 0 Å². The maximum atomic E-state index is 13.6. The minimum absolute atomic E-state index is 0.0938. The summed E-state index contributed by atoms with van der Waals surface area (Å²) in [4.78, 5) is 16.6. The molecule has 0 radical (unpaired) electrons. The zero-order valence-electron chi connectivity index (χ0n) is 18.8. The molecule has 162 valence electrons. The first-order chi connectivity index (χ1) is 14.0. The molecule has 2 aromatic carbocycles. The van der Waals surface area contributed by atoms with Crippen LogP contribution < -0.4 is 16.0 Å². The Labute approximate surface area is 179 Å². The molecule has 0 atom stereocenters. The summed E-state index contributed by atoms with van der Waals surface area (Å²) in [6.45, 7) is 11.1. The quantitative estimate of drug-likeness (QED) is 0.496. The number of halogens is 1. The zero-order valence-corrected chi connectivity index (χ0v) is 18.8. The van der Waals surface area contributed by atoms with Crippen molar-refractivity contribution in [3.05, 3.63) is 71.0 Å². The zero-order chi connectivity index (χ0) is 22.4. The molecule has 0 saturated carbocycles. The standard InChI is InChI=1S/C24H33FN4O/c1-23(2,3)29-21(30)18-10-7-9-17(13-18)15-27-22(26-6)28-16-24(4,5)19-11-8-12-20(25)14-19/h7-14H,15-16H2,1-6H3,(H,29,30)(H2,26,27,28). The summed E-state index contributed by atoms with van der Waals surface area (Å²) >= 11 is 0. The number of rotatable bonds is 6.